The normalized spacial score (nSPS) is 12.2. The van der Waals surface area contributed by atoms with Gasteiger partial charge in [0.1, 0.15) is 0 Å². The minimum Gasteiger partial charge on any atom is -0.335 e. The number of hydrogen-bond donors (Lipinski definition) is 3. The van der Waals surface area contributed by atoms with E-state index in [0.717, 1.165) is 35.0 Å². The van der Waals surface area contributed by atoms with Gasteiger partial charge in [0.2, 0.25) is 0 Å². The highest BCUT2D eigenvalue weighted by atomic mass is 16.2. The van der Waals surface area contributed by atoms with Crippen LogP contribution in [0.2, 0.25) is 0 Å². The number of rotatable bonds is 5. The van der Waals surface area contributed by atoms with Gasteiger partial charge in [-0.05, 0) is 40.7 Å². The second-order valence-electron chi connectivity index (χ2n) is 5.61. The first-order valence-corrected chi connectivity index (χ1v) is 7.53. The van der Waals surface area contributed by atoms with E-state index in [4.69, 9.17) is 0 Å². The highest BCUT2D eigenvalue weighted by molar-refractivity contribution is 5.90. The monoisotopic (exact) mass is 304 g/mol. The van der Waals surface area contributed by atoms with Crippen molar-refractivity contribution in [2.24, 2.45) is 0 Å². The number of carbonyl (C=O) groups excluding carboxylic acids is 1. The Morgan fingerprint density at radius 3 is 2.68 bits per heavy atom. The molecule has 0 aliphatic heterocycles. The fraction of sp³-hybridized carbons (Fsp3) is 0.533. The molecule has 2 amide bonds. The van der Waals surface area contributed by atoms with Crippen molar-refractivity contribution in [3.05, 3.63) is 28.8 Å². The lowest BCUT2D eigenvalue weighted by molar-refractivity contribution is 0.249. The molecule has 0 saturated carbocycles. The zero-order valence-electron chi connectivity index (χ0n) is 13.8. The standard InChI is InChI=1S/C15H24N6O/c1-6-21-12(5)14(11(4)20-21)17-15(22)16-9(2)7-13-8-10(3)18-19-13/h8-9H,6-7H2,1-5H3,(H,18,19)(H2,16,17,22). The van der Waals surface area contributed by atoms with E-state index in [9.17, 15) is 4.79 Å². The summed E-state index contributed by atoms with van der Waals surface area (Å²) in [5, 5.41) is 17.3. The average molecular weight is 304 g/mol. The highest BCUT2D eigenvalue weighted by Gasteiger charge is 2.15. The van der Waals surface area contributed by atoms with E-state index in [2.05, 4.69) is 25.9 Å². The topological polar surface area (TPSA) is 87.6 Å². The van der Waals surface area contributed by atoms with Crippen LogP contribution in [0.4, 0.5) is 10.5 Å². The first-order chi connectivity index (χ1) is 10.4. The van der Waals surface area contributed by atoms with Gasteiger partial charge in [0, 0.05) is 24.7 Å². The van der Waals surface area contributed by atoms with Crippen LogP contribution in [0.3, 0.4) is 0 Å². The van der Waals surface area contributed by atoms with Crippen LogP contribution in [0.25, 0.3) is 0 Å². The zero-order valence-corrected chi connectivity index (χ0v) is 13.8. The Morgan fingerprint density at radius 1 is 1.41 bits per heavy atom. The zero-order chi connectivity index (χ0) is 16.3. The third kappa shape index (κ3) is 3.66. The first-order valence-electron chi connectivity index (χ1n) is 7.53. The predicted octanol–water partition coefficient (Wildman–Crippen LogP) is 2.30. The van der Waals surface area contributed by atoms with Crippen LogP contribution in [0.15, 0.2) is 6.07 Å². The number of carbonyl (C=O) groups is 1. The third-order valence-corrected chi connectivity index (χ3v) is 3.57. The molecule has 1 unspecified atom stereocenters. The first kappa shape index (κ1) is 16.1. The number of urea groups is 1. The van der Waals surface area contributed by atoms with Crippen molar-refractivity contribution in [1.82, 2.24) is 25.3 Å². The Morgan fingerprint density at radius 2 is 2.14 bits per heavy atom. The van der Waals surface area contributed by atoms with Crippen molar-refractivity contribution in [3.63, 3.8) is 0 Å². The molecule has 2 aromatic heterocycles. The Labute approximate surface area is 130 Å². The van der Waals surface area contributed by atoms with Gasteiger partial charge >= 0.3 is 6.03 Å². The molecule has 0 radical (unpaired) electrons. The summed E-state index contributed by atoms with van der Waals surface area (Å²) in [4.78, 5) is 12.1. The quantitative estimate of drug-likeness (QED) is 0.792. The minimum atomic E-state index is -0.221. The maximum absolute atomic E-state index is 12.1. The summed E-state index contributed by atoms with van der Waals surface area (Å²) in [5.74, 6) is 0. The molecular formula is C15H24N6O. The van der Waals surface area contributed by atoms with Gasteiger partial charge in [-0.25, -0.2) is 4.79 Å². The molecule has 0 bridgehead atoms. The molecule has 120 valence electrons. The van der Waals surface area contributed by atoms with Crippen LogP contribution in [-0.4, -0.2) is 32.1 Å². The van der Waals surface area contributed by atoms with E-state index in [1.807, 2.05) is 45.4 Å². The second kappa shape index (κ2) is 6.64. The van der Waals surface area contributed by atoms with Gasteiger partial charge in [-0.2, -0.15) is 10.2 Å². The molecule has 0 spiro atoms. The van der Waals surface area contributed by atoms with Gasteiger partial charge in [0.25, 0.3) is 0 Å². The van der Waals surface area contributed by atoms with Gasteiger partial charge < -0.3 is 10.6 Å². The number of nitrogens with one attached hydrogen (secondary N) is 3. The smallest absolute Gasteiger partial charge is 0.319 e. The molecule has 2 rings (SSSR count). The number of H-pyrrole nitrogens is 1. The van der Waals surface area contributed by atoms with Crippen LogP contribution >= 0.6 is 0 Å². The molecule has 3 N–H and O–H groups in total. The fourth-order valence-electron chi connectivity index (χ4n) is 2.50. The number of amides is 2. The minimum absolute atomic E-state index is 0.00969. The summed E-state index contributed by atoms with van der Waals surface area (Å²) in [7, 11) is 0. The predicted molar refractivity (Wildman–Crippen MR) is 86.0 cm³/mol. The summed E-state index contributed by atoms with van der Waals surface area (Å²) in [5.41, 5.74) is 4.53. The molecule has 7 heteroatoms. The Bertz CT molecular complexity index is 657. The summed E-state index contributed by atoms with van der Waals surface area (Å²) < 4.78 is 1.88. The summed E-state index contributed by atoms with van der Waals surface area (Å²) in [6.45, 7) is 10.6. The van der Waals surface area contributed by atoms with Gasteiger partial charge in [-0.3, -0.25) is 9.78 Å². The lowest BCUT2D eigenvalue weighted by Crippen LogP contribution is -2.37. The second-order valence-corrected chi connectivity index (χ2v) is 5.61. The number of aryl methyl sites for hydroxylation is 3. The van der Waals surface area contributed by atoms with E-state index in [-0.39, 0.29) is 12.1 Å². The summed E-state index contributed by atoms with van der Waals surface area (Å²) in [6, 6.07) is 1.75. The number of aromatic nitrogens is 4. The van der Waals surface area contributed by atoms with Gasteiger partial charge in [-0.15, -0.1) is 0 Å². The molecule has 0 saturated heterocycles. The van der Waals surface area contributed by atoms with Crippen molar-refractivity contribution in [1.29, 1.82) is 0 Å². The molecule has 0 aromatic carbocycles. The van der Waals surface area contributed by atoms with Crippen LogP contribution < -0.4 is 10.6 Å². The lowest BCUT2D eigenvalue weighted by Gasteiger charge is -2.13. The Hall–Kier alpha value is -2.31. The van der Waals surface area contributed by atoms with Gasteiger partial charge in [-0.1, -0.05) is 0 Å². The SMILES string of the molecule is CCn1nc(C)c(NC(=O)NC(C)Cc2cc(C)[nH]n2)c1C. The van der Waals surface area contributed by atoms with E-state index in [0.29, 0.717) is 6.42 Å². The van der Waals surface area contributed by atoms with E-state index < -0.39 is 0 Å². The summed E-state index contributed by atoms with van der Waals surface area (Å²) >= 11 is 0. The molecule has 0 aliphatic rings. The van der Waals surface area contributed by atoms with Crippen molar-refractivity contribution in [3.8, 4) is 0 Å². The molecule has 1 atom stereocenters. The van der Waals surface area contributed by atoms with Crippen LogP contribution in [0, 0.1) is 20.8 Å². The highest BCUT2D eigenvalue weighted by Crippen LogP contribution is 2.19. The van der Waals surface area contributed by atoms with E-state index in [1.165, 1.54) is 0 Å². The van der Waals surface area contributed by atoms with Crippen molar-refractivity contribution < 1.29 is 4.79 Å². The molecule has 2 aromatic rings. The number of hydrogen-bond acceptors (Lipinski definition) is 3. The van der Waals surface area contributed by atoms with Crippen molar-refractivity contribution in [2.75, 3.05) is 5.32 Å². The van der Waals surface area contributed by atoms with Crippen LogP contribution in [-0.2, 0) is 13.0 Å². The number of aromatic amines is 1. The van der Waals surface area contributed by atoms with Crippen LogP contribution in [0.1, 0.15) is 36.6 Å². The fourth-order valence-corrected chi connectivity index (χ4v) is 2.50. The lowest BCUT2D eigenvalue weighted by atomic mass is 10.2. The Kier molecular flexibility index (Phi) is 4.85. The number of anilines is 1. The molecule has 22 heavy (non-hydrogen) atoms. The molecule has 0 fully saturated rings. The summed E-state index contributed by atoms with van der Waals surface area (Å²) in [6.07, 6.45) is 0.684. The van der Waals surface area contributed by atoms with Crippen molar-refractivity contribution in [2.45, 2.75) is 53.6 Å². The van der Waals surface area contributed by atoms with Gasteiger partial charge in [0.05, 0.1) is 22.8 Å². The third-order valence-electron chi connectivity index (χ3n) is 3.57. The molecular weight excluding hydrogens is 280 g/mol. The van der Waals surface area contributed by atoms with Crippen LogP contribution in [0.5, 0.6) is 0 Å². The average Bonchev–Trinajstić information content (AvgIpc) is 2.96. The molecule has 7 nitrogen and oxygen atoms in total. The largest absolute Gasteiger partial charge is 0.335 e. The maximum Gasteiger partial charge on any atom is 0.319 e. The molecule has 0 aliphatic carbocycles. The Balaban J connectivity index is 1.94. The number of nitrogens with zero attached hydrogens (tertiary/aromatic N) is 3. The van der Waals surface area contributed by atoms with Gasteiger partial charge in [0.15, 0.2) is 0 Å². The van der Waals surface area contributed by atoms with E-state index in [1.54, 1.807) is 0 Å². The van der Waals surface area contributed by atoms with Crippen molar-refractivity contribution >= 4 is 11.7 Å². The van der Waals surface area contributed by atoms with E-state index >= 15 is 0 Å². The maximum atomic E-state index is 12.1. The molecule has 2 heterocycles.